The zero-order valence-electron chi connectivity index (χ0n) is 15.4. The van der Waals surface area contributed by atoms with Gasteiger partial charge in [-0.3, -0.25) is 9.78 Å². The van der Waals surface area contributed by atoms with E-state index in [0.717, 1.165) is 25.0 Å². The number of halogens is 1. The number of hydrogen-bond donors (Lipinski definition) is 0. The molecule has 3 rings (SSSR count). The van der Waals surface area contributed by atoms with Gasteiger partial charge in [0.15, 0.2) is 0 Å². The van der Waals surface area contributed by atoms with Gasteiger partial charge in [0.2, 0.25) is 5.91 Å². The van der Waals surface area contributed by atoms with E-state index in [2.05, 4.69) is 4.98 Å². The van der Waals surface area contributed by atoms with E-state index in [0.29, 0.717) is 38.3 Å². The van der Waals surface area contributed by atoms with Gasteiger partial charge in [-0.25, -0.2) is 4.39 Å². The molecule has 1 amide bonds. The Balaban J connectivity index is 1.50. The second-order valence-corrected chi connectivity index (χ2v) is 6.68. The first kappa shape index (κ1) is 19.3. The highest BCUT2D eigenvalue weighted by atomic mass is 19.1. The van der Waals surface area contributed by atoms with Crippen molar-refractivity contribution in [2.45, 2.75) is 38.3 Å². The zero-order valence-corrected chi connectivity index (χ0v) is 15.4. The molecule has 0 aliphatic carbocycles. The highest BCUT2D eigenvalue weighted by Crippen LogP contribution is 2.17. The van der Waals surface area contributed by atoms with Gasteiger partial charge in [-0.2, -0.15) is 0 Å². The number of hydrogen-bond acceptors (Lipinski definition) is 4. The average molecular weight is 372 g/mol. The summed E-state index contributed by atoms with van der Waals surface area (Å²) in [6.07, 6.45) is 6.59. The van der Waals surface area contributed by atoms with Crippen molar-refractivity contribution in [3.63, 3.8) is 0 Å². The van der Waals surface area contributed by atoms with Gasteiger partial charge in [0.1, 0.15) is 11.6 Å². The number of aromatic nitrogens is 1. The maximum Gasteiger partial charge on any atom is 0.223 e. The number of amides is 1. The Bertz CT molecular complexity index is 720. The standard InChI is InChI=1S/C21H25FN2O3/c22-18-6-1-7-19(13-18)26-12-4-9-21(25)24(16-20-8-3-11-27-20)15-17-5-2-10-23-14-17/h1-2,5-7,10,13-14,20H,3-4,8-9,11-12,15-16H2. The minimum atomic E-state index is -0.331. The molecule has 5 nitrogen and oxygen atoms in total. The molecule has 1 aliphatic heterocycles. The maximum absolute atomic E-state index is 13.2. The number of carbonyl (C=O) groups excluding carboxylic acids is 1. The van der Waals surface area contributed by atoms with Crippen LogP contribution in [-0.4, -0.2) is 41.7 Å². The molecule has 0 radical (unpaired) electrons. The largest absolute Gasteiger partial charge is 0.493 e. The van der Waals surface area contributed by atoms with Gasteiger partial charge in [-0.1, -0.05) is 12.1 Å². The van der Waals surface area contributed by atoms with Crippen LogP contribution in [0.2, 0.25) is 0 Å². The van der Waals surface area contributed by atoms with Crippen molar-refractivity contribution >= 4 is 5.91 Å². The van der Waals surface area contributed by atoms with Crippen LogP contribution < -0.4 is 4.74 Å². The van der Waals surface area contributed by atoms with Gasteiger partial charge < -0.3 is 14.4 Å². The number of ether oxygens (including phenoxy) is 2. The van der Waals surface area contributed by atoms with Crippen LogP contribution in [0.4, 0.5) is 4.39 Å². The molecule has 1 saturated heterocycles. The molecule has 0 N–H and O–H groups in total. The Morgan fingerprint density at radius 1 is 1.33 bits per heavy atom. The molecule has 144 valence electrons. The van der Waals surface area contributed by atoms with E-state index in [-0.39, 0.29) is 17.8 Å². The number of pyridine rings is 1. The Kier molecular flexibility index (Phi) is 7.16. The molecule has 1 unspecified atom stereocenters. The predicted molar refractivity (Wildman–Crippen MR) is 99.8 cm³/mol. The van der Waals surface area contributed by atoms with E-state index in [1.807, 2.05) is 17.0 Å². The predicted octanol–water partition coefficient (Wildman–Crippen LogP) is 3.59. The second kappa shape index (κ2) is 10.0. The first-order valence-electron chi connectivity index (χ1n) is 9.37. The normalized spacial score (nSPS) is 16.3. The molecule has 2 heterocycles. The van der Waals surface area contributed by atoms with Crippen molar-refractivity contribution in [2.24, 2.45) is 0 Å². The molecule has 6 heteroatoms. The summed E-state index contributed by atoms with van der Waals surface area (Å²) in [5.41, 5.74) is 1.000. The zero-order chi connectivity index (χ0) is 18.9. The molecular weight excluding hydrogens is 347 g/mol. The minimum absolute atomic E-state index is 0.0668. The second-order valence-electron chi connectivity index (χ2n) is 6.68. The van der Waals surface area contributed by atoms with Crippen LogP contribution in [0.1, 0.15) is 31.2 Å². The van der Waals surface area contributed by atoms with Crippen LogP contribution >= 0.6 is 0 Å². The Morgan fingerprint density at radius 3 is 3.00 bits per heavy atom. The van der Waals surface area contributed by atoms with Gasteiger partial charge in [-0.05, 0) is 43.0 Å². The van der Waals surface area contributed by atoms with Gasteiger partial charge in [0.05, 0.1) is 12.7 Å². The van der Waals surface area contributed by atoms with E-state index >= 15 is 0 Å². The van der Waals surface area contributed by atoms with Gasteiger partial charge in [-0.15, -0.1) is 0 Å². The van der Waals surface area contributed by atoms with Crippen LogP contribution in [-0.2, 0) is 16.1 Å². The first-order chi connectivity index (χ1) is 13.2. The van der Waals surface area contributed by atoms with Gasteiger partial charge >= 0.3 is 0 Å². The fraction of sp³-hybridized carbons (Fsp3) is 0.429. The third kappa shape index (κ3) is 6.32. The highest BCUT2D eigenvalue weighted by Gasteiger charge is 2.22. The average Bonchev–Trinajstić information content (AvgIpc) is 3.19. The lowest BCUT2D eigenvalue weighted by Gasteiger charge is -2.25. The Labute approximate surface area is 159 Å². The maximum atomic E-state index is 13.2. The van der Waals surface area contributed by atoms with Crippen molar-refractivity contribution in [1.82, 2.24) is 9.88 Å². The number of rotatable bonds is 9. The van der Waals surface area contributed by atoms with Crippen LogP contribution in [0.15, 0.2) is 48.8 Å². The summed E-state index contributed by atoms with van der Waals surface area (Å²) in [7, 11) is 0. The summed E-state index contributed by atoms with van der Waals surface area (Å²) < 4.78 is 24.4. The molecule has 0 spiro atoms. The molecule has 0 saturated carbocycles. The number of carbonyl (C=O) groups is 1. The molecule has 27 heavy (non-hydrogen) atoms. The summed E-state index contributed by atoms with van der Waals surface area (Å²) >= 11 is 0. The molecule has 1 aromatic heterocycles. The van der Waals surface area contributed by atoms with Crippen molar-refractivity contribution in [3.8, 4) is 5.75 Å². The first-order valence-corrected chi connectivity index (χ1v) is 9.37. The molecule has 1 aliphatic rings. The highest BCUT2D eigenvalue weighted by molar-refractivity contribution is 5.76. The van der Waals surface area contributed by atoms with Crippen molar-refractivity contribution in [2.75, 3.05) is 19.8 Å². The molecular formula is C21H25FN2O3. The van der Waals surface area contributed by atoms with E-state index in [9.17, 15) is 9.18 Å². The molecule has 1 aromatic carbocycles. The third-order valence-electron chi connectivity index (χ3n) is 4.50. The summed E-state index contributed by atoms with van der Waals surface area (Å²) in [6, 6.07) is 9.86. The van der Waals surface area contributed by atoms with Crippen molar-refractivity contribution in [3.05, 3.63) is 60.2 Å². The molecule has 1 atom stereocenters. The molecule has 0 bridgehead atoms. The fourth-order valence-corrected chi connectivity index (χ4v) is 3.13. The van der Waals surface area contributed by atoms with Gasteiger partial charge in [0, 0.05) is 44.6 Å². The van der Waals surface area contributed by atoms with Crippen LogP contribution in [0.3, 0.4) is 0 Å². The fourth-order valence-electron chi connectivity index (χ4n) is 3.13. The topological polar surface area (TPSA) is 51.7 Å². The molecule has 1 fully saturated rings. The number of nitrogens with zero attached hydrogens (tertiary/aromatic N) is 2. The van der Waals surface area contributed by atoms with E-state index < -0.39 is 0 Å². The summed E-state index contributed by atoms with van der Waals surface area (Å²) in [6.45, 7) is 2.26. The SMILES string of the molecule is O=C(CCCOc1cccc(F)c1)N(Cc1cccnc1)CC1CCCO1. The lowest BCUT2D eigenvalue weighted by molar-refractivity contribution is -0.133. The van der Waals surface area contributed by atoms with E-state index in [1.165, 1.54) is 12.1 Å². The van der Waals surface area contributed by atoms with Crippen molar-refractivity contribution in [1.29, 1.82) is 0 Å². The molecule has 2 aromatic rings. The van der Waals surface area contributed by atoms with Crippen LogP contribution in [0, 0.1) is 5.82 Å². The lowest BCUT2D eigenvalue weighted by atomic mass is 10.2. The Hall–Kier alpha value is -2.47. The summed E-state index contributed by atoms with van der Waals surface area (Å²) in [5.74, 6) is 0.217. The summed E-state index contributed by atoms with van der Waals surface area (Å²) in [4.78, 5) is 18.7. The minimum Gasteiger partial charge on any atom is -0.493 e. The quantitative estimate of drug-likeness (QED) is 0.631. The summed E-state index contributed by atoms with van der Waals surface area (Å²) in [5, 5.41) is 0. The van der Waals surface area contributed by atoms with Crippen LogP contribution in [0.5, 0.6) is 5.75 Å². The Morgan fingerprint density at radius 2 is 2.26 bits per heavy atom. The van der Waals surface area contributed by atoms with E-state index in [1.54, 1.807) is 24.5 Å². The van der Waals surface area contributed by atoms with Crippen LogP contribution in [0.25, 0.3) is 0 Å². The van der Waals surface area contributed by atoms with E-state index in [4.69, 9.17) is 9.47 Å². The number of benzene rings is 1. The third-order valence-corrected chi connectivity index (χ3v) is 4.50. The van der Waals surface area contributed by atoms with Crippen molar-refractivity contribution < 1.29 is 18.7 Å². The smallest absolute Gasteiger partial charge is 0.223 e. The lowest BCUT2D eigenvalue weighted by Crippen LogP contribution is -2.37. The van der Waals surface area contributed by atoms with Gasteiger partial charge in [0.25, 0.3) is 0 Å². The monoisotopic (exact) mass is 372 g/mol.